The lowest BCUT2D eigenvalue weighted by Gasteiger charge is -2.30. The van der Waals surface area contributed by atoms with Gasteiger partial charge in [-0.2, -0.15) is 13.2 Å². The van der Waals surface area contributed by atoms with Crippen LogP contribution in [0.1, 0.15) is 47.5 Å². The highest BCUT2D eigenvalue weighted by Gasteiger charge is 2.61. The van der Waals surface area contributed by atoms with Gasteiger partial charge in [-0.25, -0.2) is 0 Å². The van der Waals surface area contributed by atoms with Crippen molar-refractivity contribution in [2.24, 2.45) is 5.41 Å². The third-order valence-electron chi connectivity index (χ3n) is 4.88. The van der Waals surface area contributed by atoms with E-state index >= 15 is 0 Å². The van der Waals surface area contributed by atoms with E-state index in [1.807, 2.05) is 12.1 Å². The number of benzene rings is 1. The Labute approximate surface area is 121 Å². The highest BCUT2D eigenvalue weighted by molar-refractivity contribution is 6.01. The molecule has 0 radical (unpaired) electrons. The molecule has 5 heteroatoms. The molecule has 0 amide bonds. The topological polar surface area (TPSA) is 29.1 Å². The Morgan fingerprint density at radius 2 is 1.86 bits per heavy atom. The van der Waals surface area contributed by atoms with Crippen molar-refractivity contribution in [1.82, 2.24) is 5.32 Å². The van der Waals surface area contributed by atoms with Gasteiger partial charge in [0, 0.05) is 12.1 Å². The number of carbonyl (C=O) groups is 1. The van der Waals surface area contributed by atoms with Gasteiger partial charge in [-0.15, -0.1) is 0 Å². The van der Waals surface area contributed by atoms with Crippen LogP contribution in [0, 0.1) is 5.41 Å². The van der Waals surface area contributed by atoms with Crippen LogP contribution in [0.2, 0.25) is 0 Å². The van der Waals surface area contributed by atoms with Crippen molar-refractivity contribution in [3.8, 4) is 0 Å². The van der Waals surface area contributed by atoms with E-state index in [1.54, 1.807) is 12.1 Å². The van der Waals surface area contributed by atoms with Crippen LogP contribution in [0.15, 0.2) is 24.3 Å². The van der Waals surface area contributed by atoms with Crippen molar-refractivity contribution < 1.29 is 18.0 Å². The van der Waals surface area contributed by atoms with Gasteiger partial charge in [-0.05, 0) is 37.3 Å². The van der Waals surface area contributed by atoms with E-state index in [1.165, 1.54) is 6.42 Å². The maximum absolute atomic E-state index is 13.4. The smallest absolute Gasteiger partial charge is 0.315 e. The molecule has 1 unspecified atom stereocenters. The molecule has 21 heavy (non-hydrogen) atoms. The lowest BCUT2D eigenvalue weighted by Crippen LogP contribution is -2.46. The minimum Gasteiger partial charge on any atom is -0.315 e. The number of hydrogen-bond donors (Lipinski definition) is 1. The summed E-state index contributed by atoms with van der Waals surface area (Å²) in [6.45, 7) is -0.0921. The van der Waals surface area contributed by atoms with Crippen molar-refractivity contribution in [3.63, 3.8) is 0 Å². The first-order valence-corrected chi connectivity index (χ1v) is 7.36. The Kier molecular flexibility index (Phi) is 3.56. The summed E-state index contributed by atoms with van der Waals surface area (Å²) < 4.78 is 40.1. The van der Waals surface area contributed by atoms with Gasteiger partial charge in [-0.1, -0.05) is 30.7 Å². The second-order valence-corrected chi connectivity index (χ2v) is 6.09. The molecule has 1 aliphatic heterocycles. The predicted molar refractivity (Wildman–Crippen MR) is 73.3 cm³/mol. The lowest BCUT2D eigenvalue weighted by atomic mass is 9.77. The molecule has 1 aromatic rings. The predicted octanol–water partition coefficient (Wildman–Crippen LogP) is 3.68. The number of halogens is 3. The van der Waals surface area contributed by atoms with Gasteiger partial charge >= 0.3 is 6.18 Å². The van der Waals surface area contributed by atoms with Crippen LogP contribution in [0.3, 0.4) is 0 Å². The monoisotopic (exact) mass is 297 g/mol. The summed E-state index contributed by atoms with van der Waals surface area (Å²) in [5, 5.41) is 2.68. The number of nitrogens with one attached hydrogen (secondary N) is 1. The summed E-state index contributed by atoms with van der Waals surface area (Å²) >= 11 is 0. The van der Waals surface area contributed by atoms with Gasteiger partial charge in [-0.3, -0.25) is 4.79 Å². The van der Waals surface area contributed by atoms with Gasteiger partial charge in [0.05, 0.1) is 0 Å². The highest BCUT2D eigenvalue weighted by atomic mass is 19.4. The summed E-state index contributed by atoms with van der Waals surface area (Å²) in [5.74, 6) is -0.293. The molecule has 114 valence electrons. The normalized spacial score (nSPS) is 26.6. The summed E-state index contributed by atoms with van der Waals surface area (Å²) in [7, 11) is 0. The van der Waals surface area contributed by atoms with Gasteiger partial charge in [0.1, 0.15) is 5.41 Å². The molecule has 1 aromatic carbocycles. The Hall–Kier alpha value is -1.36. The number of Topliss-reactive ketones (excluding diaryl/α,β-unsaturated/α-hetero) is 1. The second-order valence-electron chi connectivity index (χ2n) is 6.09. The fourth-order valence-electron chi connectivity index (χ4n) is 3.18. The number of alkyl halides is 3. The van der Waals surface area contributed by atoms with E-state index in [9.17, 15) is 18.0 Å². The van der Waals surface area contributed by atoms with Gasteiger partial charge < -0.3 is 5.32 Å². The molecule has 1 heterocycles. The molecule has 0 spiro atoms. The molecule has 2 nitrogen and oxygen atoms in total. The van der Waals surface area contributed by atoms with Crippen molar-refractivity contribution in [1.29, 1.82) is 0 Å². The average molecular weight is 297 g/mol. The minimum atomic E-state index is -4.51. The van der Waals surface area contributed by atoms with Gasteiger partial charge in [0.15, 0.2) is 5.78 Å². The molecule has 1 N–H and O–H groups in total. The number of rotatable bonds is 3. The first-order valence-electron chi connectivity index (χ1n) is 7.36. The summed E-state index contributed by atoms with van der Waals surface area (Å²) in [6.07, 6.45) is -1.23. The number of ketones is 1. The third-order valence-corrected chi connectivity index (χ3v) is 4.88. The Balaban J connectivity index is 1.86. The molecule has 2 aliphatic rings. The van der Waals surface area contributed by atoms with E-state index in [0.29, 0.717) is 5.92 Å². The van der Waals surface area contributed by atoms with Gasteiger partial charge in [0.2, 0.25) is 0 Å². The Bertz CT molecular complexity index is 525. The zero-order valence-corrected chi connectivity index (χ0v) is 11.7. The number of carbonyl (C=O) groups excluding carboxylic acids is 1. The number of hydrogen-bond acceptors (Lipinski definition) is 2. The van der Waals surface area contributed by atoms with E-state index in [-0.39, 0.29) is 25.1 Å². The lowest BCUT2D eigenvalue weighted by molar-refractivity contribution is -0.197. The van der Waals surface area contributed by atoms with Crippen molar-refractivity contribution >= 4 is 5.78 Å². The molecule has 1 atom stereocenters. The molecule has 0 aromatic heterocycles. The molecule has 2 fully saturated rings. The fraction of sp³-hybridized carbons (Fsp3) is 0.562. The van der Waals surface area contributed by atoms with E-state index < -0.39 is 17.4 Å². The molecule has 1 saturated heterocycles. The van der Waals surface area contributed by atoms with Crippen LogP contribution < -0.4 is 5.32 Å². The molecule has 3 rings (SSSR count). The zero-order chi connectivity index (χ0) is 15.1. The SMILES string of the molecule is O=C(c1ccc(C2CCC2)cc1)C1(C(F)(F)F)CCNC1. The second kappa shape index (κ2) is 5.13. The molecular formula is C16H18F3NO. The third kappa shape index (κ3) is 2.37. The maximum Gasteiger partial charge on any atom is 0.402 e. The molecule has 1 saturated carbocycles. The van der Waals surface area contributed by atoms with E-state index in [4.69, 9.17) is 0 Å². The Morgan fingerprint density at radius 3 is 2.29 bits per heavy atom. The van der Waals surface area contributed by atoms with Gasteiger partial charge in [0.25, 0.3) is 0 Å². The van der Waals surface area contributed by atoms with Crippen LogP contribution in [-0.2, 0) is 0 Å². The van der Waals surface area contributed by atoms with Crippen LogP contribution in [-0.4, -0.2) is 25.0 Å². The van der Waals surface area contributed by atoms with Crippen LogP contribution in [0.25, 0.3) is 0 Å². The van der Waals surface area contributed by atoms with Crippen LogP contribution in [0.4, 0.5) is 13.2 Å². The summed E-state index contributed by atoms with van der Waals surface area (Å²) in [4.78, 5) is 12.4. The Morgan fingerprint density at radius 1 is 1.19 bits per heavy atom. The van der Waals surface area contributed by atoms with Crippen molar-refractivity contribution in [2.45, 2.75) is 37.8 Å². The van der Waals surface area contributed by atoms with Crippen molar-refractivity contribution in [2.75, 3.05) is 13.1 Å². The van der Waals surface area contributed by atoms with Crippen LogP contribution >= 0.6 is 0 Å². The first-order chi connectivity index (χ1) is 9.94. The molecule has 1 aliphatic carbocycles. The fourth-order valence-corrected chi connectivity index (χ4v) is 3.18. The van der Waals surface area contributed by atoms with E-state index in [0.717, 1.165) is 18.4 Å². The van der Waals surface area contributed by atoms with E-state index in [2.05, 4.69) is 5.32 Å². The zero-order valence-electron chi connectivity index (χ0n) is 11.7. The largest absolute Gasteiger partial charge is 0.402 e. The highest BCUT2D eigenvalue weighted by Crippen LogP contribution is 2.45. The quantitative estimate of drug-likeness (QED) is 0.862. The average Bonchev–Trinajstić information content (AvgIpc) is 2.87. The summed E-state index contributed by atoms with van der Waals surface area (Å²) in [6, 6.07) is 6.73. The van der Waals surface area contributed by atoms with Crippen LogP contribution in [0.5, 0.6) is 0 Å². The van der Waals surface area contributed by atoms with Crippen molar-refractivity contribution in [3.05, 3.63) is 35.4 Å². The minimum absolute atomic E-state index is 0.166. The maximum atomic E-state index is 13.4. The molecular weight excluding hydrogens is 279 g/mol. The summed E-state index contributed by atoms with van der Waals surface area (Å²) in [5.41, 5.74) is -0.965. The first kappa shape index (κ1) is 14.6. The molecule has 0 bridgehead atoms. The standard InChI is InChI=1S/C16H18F3NO/c17-16(18,19)15(8-9-20-10-15)14(21)13-6-4-12(5-7-13)11-2-1-3-11/h4-7,11,20H,1-3,8-10H2.